The maximum atomic E-state index is 12.9. The van der Waals surface area contributed by atoms with Gasteiger partial charge in [-0.2, -0.15) is 5.10 Å². The third kappa shape index (κ3) is 3.36. The summed E-state index contributed by atoms with van der Waals surface area (Å²) in [6.07, 6.45) is 3.68. The molecule has 1 unspecified atom stereocenters. The van der Waals surface area contributed by atoms with Crippen molar-refractivity contribution in [2.75, 3.05) is 0 Å². The molecule has 0 amide bonds. The Morgan fingerprint density at radius 2 is 2.06 bits per heavy atom. The van der Waals surface area contributed by atoms with Crippen molar-refractivity contribution in [3.8, 4) is 0 Å². The van der Waals surface area contributed by atoms with E-state index in [1.54, 1.807) is 36.7 Å². The van der Waals surface area contributed by atoms with Crippen molar-refractivity contribution in [3.05, 3.63) is 65.7 Å². The molecule has 0 aliphatic rings. The molecule has 4 nitrogen and oxygen atoms in total. The molecule has 2 aromatic rings. The number of pyridine rings is 1. The zero-order valence-corrected chi connectivity index (χ0v) is 9.49. The molecule has 1 atom stereocenters. The van der Waals surface area contributed by atoms with Gasteiger partial charge < -0.3 is 5.11 Å². The molecule has 0 saturated carbocycles. The highest BCUT2D eigenvalue weighted by molar-refractivity contribution is 5.79. The number of halogens is 1. The molecule has 0 fully saturated rings. The van der Waals surface area contributed by atoms with Gasteiger partial charge in [-0.3, -0.25) is 10.4 Å². The van der Waals surface area contributed by atoms with E-state index in [2.05, 4.69) is 15.5 Å². The lowest BCUT2D eigenvalue weighted by atomic mass is 10.2. The first-order valence-electron chi connectivity index (χ1n) is 5.38. The smallest absolute Gasteiger partial charge is 0.165 e. The van der Waals surface area contributed by atoms with Crippen LogP contribution in [0.5, 0.6) is 0 Å². The van der Waals surface area contributed by atoms with E-state index < -0.39 is 6.23 Å². The van der Waals surface area contributed by atoms with E-state index in [4.69, 9.17) is 0 Å². The predicted octanol–water partition coefficient (Wildman–Crippen LogP) is 1.84. The Balaban J connectivity index is 1.96. The van der Waals surface area contributed by atoms with Crippen molar-refractivity contribution >= 4 is 6.21 Å². The minimum absolute atomic E-state index is 0.325. The van der Waals surface area contributed by atoms with Crippen LogP contribution in [0.1, 0.15) is 17.4 Å². The number of aliphatic hydroxyl groups is 1. The number of hydrazone groups is 1. The van der Waals surface area contributed by atoms with Crippen LogP contribution in [0, 0.1) is 5.82 Å². The molecule has 0 radical (unpaired) electrons. The van der Waals surface area contributed by atoms with Crippen molar-refractivity contribution in [1.29, 1.82) is 0 Å². The summed E-state index contributed by atoms with van der Waals surface area (Å²) in [6, 6.07) is 9.37. The zero-order chi connectivity index (χ0) is 12.8. The molecule has 2 rings (SSSR count). The van der Waals surface area contributed by atoms with Gasteiger partial charge >= 0.3 is 0 Å². The van der Waals surface area contributed by atoms with Crippen molar-refractivity contribution in [2.45, 2.75) is 6.23 Å². The van der Waals surface area contributed by atoms with Crippen LogP contribution >= 0.6 is 0 Å². The monoisotopic (exact) mass is 245 g/mol. The Bertz CT molecular complexity index is 531. The molecule has 1 aromatic heterocycles. The fourth-order valence-electron chi connectivity index (χ4n) is 1.39. The number of rotatable bonds is 4. The Labute approximate surface area is 104 Å². The largest absolute Gasteiger partial charge is 0.368 e. The second-order valence-corrected chi connectivity index (χ2v) is 3.63. The average Bonchev–Trinajstić information content (AvgIpc) is 2.40. The maximum Gasteiger partial charge on any atom is 0.165 e. The minimum atomic E-state index is -0.919. The molecule has 92 valence electrons. The summed E-state index contributed by atoms with van der Waals surface area (Å²) in [5.74, 6) is -0.325. The lowest BCUT2D eigenvalue weighted by Crippen LogP contribution is -2.15. The molecule has 1 heterocycles. The Kier molecular flexibility index (Phi) is 3.98. The highest BCUT2D eigenvalue weighted by atomic mass is 19.1. The molecular weight excluding hydrogens is 233 g/mol. The van der Waals surface area contributed by atoms with Gasteiger partial charge in [0.15, 0.2) is 6.23 Å². The third-order valence-corrected chi connectivity index (χ3v) is 2.28. The second kappa shape index (κ2) is 5.88. The number of nitrogens with one attached hydrogen (secondary N) is 1. The fourth-order valence-corrected chi connectivity index (χ4v) is 1.39. The summed E-state index contributed by atoms with van der Waals surface area (Å²) >= 11 is 0. The summed E-state index contributed by atoms with van der Waals surface area (Å²) < 4.78 is 12.9. The molecule has 5 heteroatoms. The molecule has 2 N–H and O–H groups in total. The zero-order valence-electron chi connectivity index (χ0n) is 9.49. The van der Waals surface area contributed by atoms with E-state index >= 15 is 0 Å². The van der Waals surface area contributed by atoms with Crippen molar-refractivity contribution in [3.63, 3.8) is 0 Å². The summed E-state index contributed by atoms with van der Waals surface area (Å²) in [7, 11) is 0. The van der Waals surface area contributed by atoms with E-state index in [0.29, 0.717) is 11.1 Å². The number of hydrogen-bond donors (Lipinski definition) is 2. The van der Waals surface area contributed by atoms with Crippen LogP contribution in [0.2, 0.25) is 0 Å². The number of hydrogen-bond acceptors (Lipinski definition) is 4. The van der Waals surface area contributed by atoms with Crippen LogP contribution in [0.25, 0.3) is 0 Å². The minimum Gasteiger partial charge on any atom is -0.368 e. The number of benzene rings is 1. The number of aromatic nitrogens is 1. The summed E-state index contributed by atoms with van der Waals surface area (Å²) in [4.78, 5) is 3.85. The molecule has 0 saturated heterocycles. The van der Waals surface area contributed by atoms with Crippen LogP contribution < -0.4 is 5.43 Å². The fraction of sp³-hybridized carbons (Fsp3) is 0.0769. The summed E-state index contributed by atoms with van der Waals surface area (Å²) in [5, 5.41) is 13.6. The van der Waals surface area contributed by atoms with Crippen LogP contribution in [0.15, 0.2) is 53.9 Å². The maximum absolute atomic E-state index is 12.9. The lowest BCUT2D eigenvalue weighted by Gasteiger charge is -2.09. The van der Waals surface area contributed by atoms with Crippen LogP contribution in [-0.4, -0.2) is 16.3 Å². The highest BCUT2D eigenvalue weighted by Crippen LogP contribution is 2.07. The Morgan fingerprint density at radius 1 is 1.28 bits per heavy atom. The topological polar surface area (TPSA) is 57.5 Å². The highest BCUT2D eigenvalue weighted by Gasteiger charge is 2.03. The van der Waals surface area contributed by atoms with Gasteiger partial charge in [-0.25, -0.2) is 4.39 Å². The first-order chi connectivity index (χ1) is 8.75. The van der Waals surface area contributed by atoms with Crippen molar-refractivity contribution < 1.29 is 9.50 Å². The quantitative estimate of drug-likeness (QED) is 0.491. The van der Waals surface area contributed by atoms with Gasteiger partial charge in [0.05, 0.1) is 6.21 Å². The Morgan fingerprint density at radius 3 is 2.78 bits per heavy atom. The van der Waals surface area contributed by atoms with E-state index in [1.165, 1.54) is 18.3 Å². The van der Waals surface area contributed by atoms with Gasteiger partial charge in [0.1, 0.15) is 5.82 Å². The molecule has 0 aliphatic carbocycles. The number of aliphatic hydroxyl groups excluding tert-OH is 1. The average molecular weight is 245 g/mol. The van der Waals surface area contributed by atoms with Gasteiger partial charge in [0, 0.05) is 18.0 Å². The molecule has 18 heavy (non-hydrogen) atoms. The van der Waals surface area contributed by atoms with Crippen LogP contribution in [-0.2, 0) is 0 Å². The first-order valence-corrected chi connectivity index (χ1v) is 5.38. The van der Waals surface area contributed by atoms with Crippen LogP contribution in [0.3, 0.4) is 0 Å². The van der Waals surface area contributed by atoms with Gasteiger partial charge in [-0.05, 0) is 29.8 Å². The van der Waals surface area contributed by atoms with Crippen molar-refractivity contribution in [1.82, 2.24) is 10.4 Å². The van der Waals surface area contributed by atoms with Gasteiger partial charge in [-0.15, -0.1) is 0 Å². The molecule has 0 spiro atoms. The normalized spacial score (nSPS) is 12.6. The molecular formula is C13H12FN3O. The molecule has 0 bridgehead atoms. The summed E-state index contributed by atoms with van der Waals surface area (Å²) in [5.41, 5.74) is 3.81. The van der Waals surface area contributed by atoms with E-state index in [0.717, 1.165) is 0 Å². The van der Waals surface area contributed by atoms with Crippen molar-refractivity contribution in [2.24, 2.45) is 5.10 Å². The third-order valence-electron chi connectivity index (χ3n) is 2.28. The van der Waals surface area contributed by atoms with Gasteiger partial charge in [0.25, 0.3) is 0 Å². The second-order valence-electron chi connectivity index (χ2n) is 3.63. The SMILES string of the molecule is OC(N/N=C\c1cccc(F)c1)c1ccncc1. The predicted molar refractivity (Wildman–Crippen MR) is 66.3 cm³/mol. The molecule has 0 aliphatic heterocycles. The van der Waals surface area contributed by atoms with E-state index in [9.17, 15) is 9.50 Å². The van der Waals surface area contributed by atoms with E-state index in [1.807, 2.05) is 0 Å². The van der Waals surface area contributed by atoms with Gasteiger partial charge in [-0.1, -0.05) is 12.1 Å². The standard InChI is InChI=1S/C13H12FN3O/c14-12-3-1-2-10(8-12)9-16-17-13(18)11-4-6-15-7-5-11/h1-9,13,17-18H/b16-9-. The lowest BCUT2D eigenvalue weighted by molar-refractivity contribution is 0.141. The van der Waals surface area contributed by atoms with E-state index in [-0.39, 0.29) is 5.82 Å². The summed E-state index contributed by atoms with van der Waals surface area (Å²) in [6.45, 7) is 0. The number of nitrogens with zero attached hydrogens (tertiary/aromatic N) is 2. The first kappa shape index (κ1) is 12.2. The van der Waals surface area contributed by atoms with Gasteiger partial charge in [0.2, 0.25) is 0 Å². The Hall–Kier alpha value is -2.27. The molecule has 1 aromatic carbocycles. The van der Waals surface area contributed by atoms with Crippen LogP contribution in [0.4, 0.5) is 4.39 Å².